The number of hydrogen-bond acceptors (Lipinski definition) is 4. The Labute approximate surface area is 186 Å². The first kappa shape index (κ1) is 23.8. The first-order chi connectivity index (χ1) is 14.5. The minimum Gasteiger partial charge on any atom is -0.494 e. The van der Waals surface area contributed by atoms with Gasteiger partial charge in [0.15, 0.2) is 6.61 Å². The maximum atomic E-state index is 12.1. The van der Waals surface area contributed by atoms with Gasteiger partial charge < -0.3 is 9.47 Å². The molecule has 0 bridgehead atoms. The van der Waals surface area contributed by atoms with Crippen LogP contribution in [0.1, 0.15) is 49.4 Å². The molecule has 0 aliphatic carbocycles. The molecule has 0 aromatic heterocycles. The third-order valence-corrected chi connectivity index (χ3v) is 4.73. The van der Waals surface area contributed by atoms with Crippen molar-refractivity contribution in [3.05, 3.63) is 58.1 Å². The average molecular weight is 453 g/mol. The Morgan fingerprint density at radius 1 is 0.900 bits per heavy atom. The minimum atomic E-state index is -0.530. The zero-order valence-electron chi connectivity index (χ0n) is 16.9. The number of benzene rings is 2. The average Bonchev–Trinajstić information content (AvgIpc) is 2.74. The van der Waals surface area contributed by atoms with Crippen LogP contribution in [0.4, 0.5) is 0 Å². The van der Waals surface area contributed by atoms with E-state index in [9.17, 15) is 9.59 Å². The summed E-state index contributed by atoms with van der Waals surface area (Å²) in [5.41, 5.74) is 5.02. The molecule has 8 heteroatoms. The summed E-state index contributed by atoms with van der Waals surface area (Å²) in [5, 5.41) is 0.759. The van der Waals surface area contributed by atoms with Crippen molar-refractivity contribution in [3.63, 3.8) is 0 Å². The molecule has 2 rings (SSSR count). The Morgan fingerprint density at radius 2 is 1.63 bits per heavy atom. The van der Waals surface area contributed by atoms with Gasteiger partial charge in [0.2, 0.25) is 0 Å². The molecular weight excluding hydrogens is 427 g/mol. The maximum Gasteiger partial charge on any atom is 0.276 e. The molecule has 0 spiro atoms. The lowest BCUT2D eigenvalue weighted by molar-refractivity contribution is -0.123. The largest absolute Gasteiger partial charge is 0.494 e. The van der Waals surface area contributed by atoms with E-state index in [4.69, 9.17) is 32.7 Å². The van der Waals surface area contributed by atoms with Gasteiger partial charge in [0, 0.05) is 10.6 Å². The second kappa shape index (κ2) is 13.0. The van der Waals surface area contributed by atoms with Gasteiger partial charge in [0.25, 0.3) is 11.8 Å². The molecule has 0 aliphatic heterocycles. The summed E-state index contributed by atoms with van der Waals surface area (Å²) in [6.07, 6.45) is 5.86. The number of amides is 2. The van der Waals surface area contributed by atoms with Crippen LogP contribution < -0.4 is 20.3 Å². The fraction of sp³-hybridized carbons (Fsp3) is 0.364. The zero-order chi connectivity index (χ0) is 21.8. The van der Waals surface area contributed by atoms with E-state index in [1.165, 1.54) is 25.3 Å². The monoisotopic (exact) mass is 452 g/mol. The van der Waals surface area contributed by atoms with E-state index < -0.39 is 11.8 Å². The topological polar surface area (TPSA) is 76.7 Å². The maximum absolute atomic E-state index is 12.1. The van der Waals surface area contributed by atoms with Gasteiger partial charge in [-0.1, -0.05) is 55.8 Å². The lowest BCUT2D eigenvalue weighted by Gasteiger charge is -2.10. The quantitative estimate of drug-likeness (QED) is 0.363. The number of ether oxygens (including phenoxy) is 2. The SMILES string of the molecule is CCCCCCCOc1ccc(C(=O)NNC(=O)COc2ccc(Cl)cc2Cl)cc1. The number of hydrazine groups is 1. The van der Waals surface area contributed by atoms with Crippen LogP contribution in [-0.2, 0) is 4.79 Å². The van der Waals surface area contributed by atoms with Crippen molar-refractivity contribution in [1.82, 2.24) is 10.9 Å². The smallest absolute Gasteiger partial charge is 0.276 e. The first-order valence-corrected chi connectivity index (χ1v) is 10.6. The van der Waals surface area contributed by atoms with Gasteiger partial charge in [-0.3, -0.25) is 20.4 Å². The van der Waals surface area contributed by atoms with Crippen LogP contribution in [0.2, 0.25) is 10.0 Å². The summed E-state index contributed by atoms with van der Waals surface area (Å²) in [5.74, 6) is 0.0548. The molecule has 2 aromatic carbocycles. The predicted molar refractivity (Wildman–Crippen MR) is 118 cm³/mol. The summed E-state index contributed by atoms with van der Waals surface area (Å²) in [4.78, 5) is 24.0. The number of rotatable bonds is 11. The van der Waals surface area contributed by atoms with Crippen molar-refractivity contribution in [2.45, 2.75) is 39.0 Å². The van der Waals surface area contributed by atoms with Crippen LogP contribution >= 0.6 is 23.2 Å². The van der Waals surface area contributed by atoms with Crippen molar-refractivity contribution < 1.29 is 19.1 Å². The number of carbonyl (C=O) groups is 2. The molecule has 0 radical (unpaired) electrons. The van der Waals surface area contributed by atoms with E-state index in [0.717, 1.165) is 12.8 Å². The predicted octanol–water partition coefficient (Wildman–Crippen LogP) is 5.18. The summed E-state index contributed by atoms with van der Waals surface area (Å²) in [6.45, 7) is 2.53. The first-order valence-electron chi connectivity index (χ1n) is 9.89. The molecule has 0 heterocycles. The molecule has 6 nitrogen and oxygen atoms in total. The van der Waals surface area contributed by atoms with Gasteiger partial charge >= 0.3 is 0 Å². The van der Waals surface area contributed by atoms with Gasteiger partial charge in [-0.25, -0.2) is 0 Å². The normalized spacial score (nSPS) is 10.4. The van der Waals surface area contributed by atoms with E-state index in [2.05, 4.69) is 17.8 Å². The highest BCUT2D eigenvalue weighted by Crippen LogP contribution is 2.27. The lowest BCUT2D eigenvalue weighted by atomic mass is 10.2. The van der Waals surface area contributed by atoms with Crippen LogP contribution in [0, 0.1) is 0 Å². The Hall–Kier alpha value is -2.44. The van der Waals surface area contributed by atoms with Gasteiger partial charge in [-0.15, -0.1) is 0 Å². The molecule has 0 saturated carbocycles. The van der Waals surface area contributed by atoms with Crippen LogP contribution in [0.15, 0.2) is 42.5 Å². The highest BCUT2D eigenvalue weighted by Gasteiger charge is 2.10. The van der Waals surface area contributed by atoms with E-state index in [1.54, 1.807) is 36.4 Å². The molecule has 0 unspecified atom stereocenters. The zero-order valence-corrected chi connectivity index (χ0v) is 18.4. The van der Waals surface area contributed by atoms with Crippen molar-refractivity contribution in [1.29, 1.82) is 0 Å². The lowest BCUT2D eigenvalue weighted by Crippen LogP contribution is -2.43. The number of halogens is 2. The molecule has 0 atom stereocenters. The van der Waals surface area contributed by atoms with Crippen molar-refractivity contribution >= 4 is 35.0 Å². The molecule has 2 aromatic rings. The van der Waals surface area contributed by atoms with Crippen LogP contribution in [0.25, 0.3) is 0 Å². The van der Waals surface area contributed by atoms with Crippen LogP contribution in [0.3, 0.4) is 0 Å². The van der Waals surface area contributed by atoms with Gasteiger partial charge in [0.05, 0.1) is 11.6 Å². The van der Waals surface area contributed by atoms with Gasteiger partial charge in [-0.05, 0) is 48.9 Å². The number of unbranched alkanes of at least 4 members (excludes halogenated alkanes) is 4. The van der Waals surface area contributed by atoms with Crippen LogP contribution in [0.5, 0.6) is 11.5 Å². The third-order valence-electron chi connectivity index (χ3n) is 4.20. The third kappa shape index (κ3) is 8.51. The van der Waals surface area contributed by atoms with Crippen molar-refractivity contribution in [3.8, 4) is 11.5 Å². The number of hydrogen-bond donors (Lipinski definition) is 2. The number of nitrogens with one attached hydrogen (secondary N) is 2. The summed E-state index contributed by atoms with van der Waals surface area (Å²) >= 11 is 11.8. The Kier molecular flexibility index (Phi) is 10.3. The highest BCUT2D eigenvalue weighted by atomic mass is 35.5. The Morgan fingerprint density at radius 3 is 2.33 bits per heavy atom. The molecular formula is C22H26Cl2N2O4. The summed E-state index contributed by atoms with van der Waals surface area (Å²) < 4.78 is 11.0. The fourth-order valence-corrected chi connectivity index (χ4v) is 3.03. The summed E-state index contributed by atoms with van der Waals surface area (Å²) in [7, 11) is 0. The molecule has 162 valence electrons. The summed E-state index contributed by atoms with van der Waals surface area (Å²) in [6, 6.07) is 11.4. The van der Waals surface area contributed by atoms with Crippen molar-refractivity contribution in [2.75, 3.05) is 13.2 Å². The molecule has 2 amide bonds. The van der Waals surface area contributed by atoms with Gasteiger partial charge in [0.1, 0.15) is 11.5 Å². The number of carbonyl (C=O) groups excluding carboxylic acids is 2. The minimum absolute atomic E-state index is 0.294. The molecule has 0 aliphatic rings. The van der Waals surface area contributed by atoms with Crippen molar-refractivity contribution in [2.24, 2.45) is 0 Å². The molecule has 0 saturated heterocycles. The second-order valence-electron chi connectivity index (χ2n) is 6.65. The Balaban J connectivity index is 1.69. The van der Waals surface area contributed by atoms with Gasteiger partial charge in [-0.2, -0.15) is 0 Å². The van der Waals surface area contributed by atoms with Crippen LogP contribution in [-0.4, -0.2) is 25.0 Å². The fourth-order valence-electron chi connectivity index (χ4n) is 2.57. The standard InChI is InChI=1S/C22H26Cl2N2O4/c1-2-3-4-5-6-13-29-18-10-7-16(8-11-18)22(28)26-25-21(27)15-30-20-12-9-17(23)14-19(20)24/h7-12,14H,2-6,13,15H2,1H3,(H,25,27)(H,26,28). The van der Waals surface area contributed by atoms with E-state index in [1.807, 2.05) is 0 Å². The highest BCUT2D eigenvalue weighted by molar-refractivity contribution is 6.35. The second-order valence-corrected chi connectivity index (χ2v) is 7.50. The van der Waals surface area contributed by atoms with E-state index >= 15 is 0 Å². The molecule has 30 heavy (non-hydrogen) atoms. The molecule has 0 fully saturated rings. The van der Waals surface area contributed by atoms with E-state index in [-0.39, 0.29) is 6.61 Å². The Bertz CT molecular complexity index is 828. The molecule has 2 N–H and O–H groups in total. The van der Waals surface area contributed by atoms with E-state index in [0.29, 0.717) is 33.7 Å².